The minimum absolute atomic E-state index is 0.00131. The van der Waals surface area contributed by atoms with Crippen molar-refractivity contribution >= 4 is 17.9 Å². The summed E-state index contributed by atoms with van der Waals surface area (Å²) in [7, 11) is 3.12. The molecule has 1 aliphatic rings. The minimum atomic E-state index is -0.174. The van der Waals surface area contributed by atoms with Gasteiger partial charge in [0, 0.05) is 30.3 Å². The molecule has 2 aromatic rings. The van der Waals surface area contributed by atoms with E-state index in [9.17, 15) is 9.59 Å². The van der Waals surface area contributed by atoms with Crippen LogP contribution in [-0.4, -0.2) is 50.1 Å². The number of hydrogen-bond acceptors (Lipinski definition) is 5. The number of hydrogen-bond donors (Lipinski definition) is 1. The normalized spacial score (nSPS) is 14.8. The van der Waals surface area contributed by atoms with Crippen LogP contribution in [-0.2, 0) is 0 Å². The summed E-state index contributed by atoms with van der Waals surface area (Å²) in [5.41, 5.74) is 1.28. The molecule has 0 saturated carbocycles. The molecule has 1 aromatic carbocycles. The van der Waals surface area contributed by atoms with Crippen molar-refractivity contribution in [2.75, 3.05) is 27.3 Å². The molecule has 0 spiro atoms. The Bertz CT molecular complexity index is 881. The molecule has 0 aliphatic carbocycles. The monoisotopic (exact) mass is 398 g/mol. The summed E-state index contributed by atoms with van der Waals surface area (Å²) >= 11 is 0. The fourth-order valence-corrected chi connectivity index (χ4v) is 3.48. The largest absolute Gasteiger partial charge is 0.493 e. The third kappa shape index (κ3) is 4.62. The Labute approximate surface area is 170 Å². The molecule has 2 amide bonds. The Hall–Kier alpha value is -3.22. The van der Waals surface area contributed by atoms with Crippen molar-refractivity contribution in [3.63, 3.8) is 0 Å². The number of carbonyl (C=O) groups is 2. The molecule has 0 radical (unpaired) electrons. The van der Waals surface area contributed by atoms with E-state index >= 15 is 0 Å². The lowest BCUT2D eigenvalue weighted by molar-refractivity contribution is 0.0667. The smallest absolute Gasteiger partial charge is 0.289 e. The van der Waals surface area contributed by atoms with Gasteiger partial charge in [0.15, 0.2) is 17.3 Å². The van der Waals surface area contributed by atoms with E-state index in [0.717, 1.165) is 5.56 Å². The Balaban J connectivity index is 1.65. The summed E-state index contributed by atoms with van der Waals surface area (Å²) < 4.78 is 16.0. The van der Waals surface area contributed by atoms with Gasteiger partial charge in [-0.3, -0.25) is 9.59 Å². The summed E-state index contributed by atoms with van der Waals surface area (Å²) in [5.74, 6) is 1.15. The number of carbonyl (C=O) groups excluding carboxylic acids is 2. The van der Waals surface area contributed by atoms with Crippen LogP contribution in [0.2, 0.25) is 0 Å². The maximum atomic E-state index is 12.8. The van der Waals surface area contributed by atoms with Crippen molar-refractivity contribution in [2.24, 2.45) is 0 Å². The van der Waals surface area contributed by atoms with Crippen LogP contribution in [0.5, 0.6) is 11.5 Å². The molecular formula is C22H26N2O5. The van der Waals surface area contributed by atoms with Gasteiger partial charge in [-0.05, 0) is 44.0 Å². The predicted molar refractivity (Wildman–Crippen MR) is 109 cm³/mol. The maximum Gasteiger partial charge on any atom is 0.289 e. The van der Waals surface area contributed by atoms with Crippen molar-refractivity contribution in [1.82, 2.24) is 10.2 Å². The first-order chi connectivity index (χ1) is 14.1. The highest BCUT2D eigenvalue weighted by atomic mass is 16.5. The van der Waals surface area contributed by atoms with Gasteiger partial charge in [-0.15, -0.1) is 0 Å². The summed E-state index contributed by atoms with van der Waals surface area (Å²) in [5, 5.41) is 3.07. The first-order valence-electron chi connectivity index (χ1n) is 9.59. The third-order valence-corrected chi connectivity index (χ3v) is 4.97. The average molecular weight is 398 g/mol. The fourth-order valence-electron chi connectivity index (χ4n) is 3.48. The van der Waals surface area contributed by atoms with E-state index in [0.29, 0.717) is 48.8 Å². The molecule has 1 N–H and O–H groups in total. The Kier molecular flexibility index (Phi) is 6.59. The van der Waals surface area contributed by atoms with Crippen LogP contribution in [0.1, 0.15) is 46.2 Å². The molecule has 1 fully saturated rings. The van der Waals surface area contributed by atoms with Crippen molar-refractivity contribution in [3.8, 4) is 11.5 Å². The first kappa shape index (κ1) is 20.5. The standard InChI is InChI=1S/C22H26N2O5/c1-4-6-15-13-16(14-19(27-2)20(15)28-3)21(25)23-17-8-10-24(11-9-17)22(26)18-7-5-12-29-18/h4-7,12-14,17H,8-11H2,1-3H3,(H,23,25)/b6-4+. The highest BCUT2D eigenvalue weighted by molar-refractivity contribution is 5.96. The zero-order valence-electron chi connectivity index (χ0n) is 16.9. The highest BCUT2D eigenvalue weighted by Crippen LogP contribution is 2.33. The van der Waals surface area contributed by atoms with E-state index in [2.05, 4.69) is 5.32 Å². The van der Waals surface area contributed by atoms with Crippen LogP contribution >= 0.6 is 0 Å². The van der Waals surface area contributed by atoms with Gasteiger partial charge in [0.25, 0.3) is 11.8 Å². The number of benzene rings is 1. The van der Waals surface area contributed by atoms with Crippen LogP contribution in [0.4, 0.5) is 0 Å². The van der Waals surface area contributed by atoms with E-state index in [4.69, 9.17) is 13.9 Å². The minimum Gasteiger partial charge on any atom is -0.493 e. The van der Waals surface area contributed by atoms with Crippen LogP contribution in [0.25, 0.3) is 6.08 Å². The van der Waals surface area contributed by atoms with Gasteiger partial charge in [-0.2, -0.15) is 0 Å². The number of nitrogens with zero attached hydrogens (tertiary/aromatic N) is 1. The Morgan fingerprint density at radius 1 is 1.21 bits per heavy atom. The molecule has 0 unspecified atom stereocenters. The molecule has 154 valence electrons. The molecular weight excluding hydrogens is 372 g/mol. The van der Waals surface area contributed by atoms with Gasteiger partial charge in [-0.1, -0.05) is 12.2 Å². The van der Waals surface area contributed by atoms with Crippen LogP contribution in [0, 0.1) is 0 Å². The number of nitrogens with one attached hydrogen (secondary N) is 1. The zero-order valence-corrected chi connectivity index (χ0v) is 16.9. The summed E-state index contributed by atoms with van der Waals surface area (Å²) in [4.78, 5) is 26.9. The number of methoxy groups -OCH3 is 2. The molecule has 2 heterocycles. The van der Waals surface area contributed by atoms with E-state index in [-0.39, 0.29) is 17.9 Å². The molecule has 1 aromatic heterocycles. The van der Waals surface area contributed by atoms with E-state index in [1.807, 2.05) is 19.1 Å². The van der Waals surface area contributed by atoms with E-state index < -0.39 is 0 Å². The van der Waals surface area contributed by atoms with Crippen molar-refractivity contribution in [1.29, 1.82) is 0 Å². The molecule has 3 rings (SSSR count). The fraction of sp³-hybridized carbons (Fsp3) is 0.364. The van der Waals surface area contributed by atoms with E-state index in [1.54, 1.807) is 43.4 Å². The van der Waals surface area contributed by atoms with Crippen LogP contribution in [0.3, 0.4) is 0 Å². The van der Waals surface area contributed by atoms with Gasteiger partial charge in [-0.25, -0.2) is 0 Å². The van der Waals surface area contributed by atoms with E-state index in [1.165, 1.54) is 6.26 Å². The molecule has 1 saturated heterocycles. The quantitative estimate of drug-likeness (QED) is 0.807. The summed E-state index contributed by atoms with van der Waals surface area (Å²) in [6.07, 6.45) is 6.62. The Morgan fingerprint density at radius 2 is 1.97 bits per heavy atom. The van der Waals surface area contributed by atoms with Gasteiger partial charge < -0.3 is 24.1 Å². The number of furan rings is 1. The summed E-state index contributed by atoms with van der Waals surface area (Å²) in [6.45, 7) is 3.04. The second-order valence-electron chi connectivity index (χ2n) is 6.82. The SMILES string of the molecule is C/C=C/c1cc(C(=O)NC2CCN(C(=O)c3ccco3)CC2)cc(OC)c1OC. The van der Waals surface area contributed by atoms with Gasteiger partial charge in [0.05, 0.1) is 20.5 Å². The maximum absolute atomic E-state index is 12.8. The molecule has 29 heavy (non-hydrogen) atoms. The second kappa shape index (κ2) is 9.32. The zero-order chi connectivity index (χ0) is 20.8. The number of piperidine rings is 1. The third-order valence-electron chi connectivity index (χ3n) is 4.97. The number of rotatable bonds is 6. The highest BCUT2D eigenvalue weighted by Gasteiger charge is 2.26. The van der Waals surface area contributed by atoms with Gasteiger partial charge in [0.2, 0.25) is 0 Å². The van der Waals surface area contributed by atoms with Crippen LogP contribution in [0.15, 0.2) is 41.0 Å². The van der Waals surface area contributed by atoms with Crippen molar-refractivity contribution in [3.05, 3.63) is 53.5 Å². The van der Waals surface area contributed by atoms with Gasteiger partial charge in [0.1, 0.15) is 0 Å². The predicted octanol–water partition coefficient (Wildman–Crippen LogP) is 3.36. The molecule has 7 heteroatoms. The molecule has 0 bridgehead atoms. The average Bonchev–Trinajstić information content (AvgIpc) is 3.28. The number of allylic oxidation sites excluding steroid dienone is 1. The van der Waals surface area contributed by atoms with Crippen molar-refractivity contribution in [2.45, 2.75) is 25.8 Å². The molecule has 7 nitrogen and oxygen atoms in total. The second-order valence-corrected chi connectivity index (χ2v) is 6.82. The van der Waals surface area contributed by atoms with Crippen LogP contribution < -0.4 is 14.8 Å². The lowest BCUT2D eigenvalue weighted by Crippen LogP contribution is -2.46. The lowest BCUT2D eigenvalue weighted by Gasteiger charge is -2.32. The lowest BCUT2D eigenvalue weighted by atomic mass is 10.0. The number of likely N-dealkylation sites (tertiary alicyclic amines) is 1. The number of ether oxygens (including phenoxy) is 2. The number of amides is 2. The van der Waals surface area contributed by atoms with Crippen molar-refractivity contribution < 1.29 is 23.5 Å². The Morgan fingerprint density at radius 3 is 2.55 bits per heavy atom. The van der Waals surface area contributed by atoms with Gasteiger partial charge >= 0.3 is 0 Å². The topological polar surface area (TPSA) is 81.0 Å². The first-order valence-corrected chi connectivity index (χ1v) is 9.59. The molecule has 1 aliphatic heterocycles. The summed E-state index contributed by atoms with van der Waals surface area (Å²) in [6, 6.07) is 6.82. The molecule has 0 atom stereocenters.